The Morgan fingerprint density at radius 3 is 2.55 bits per heavy atom. The Morgan fingerprint density at radius 1 is 1.35 bits per heavy atom. The van der Waals surface area contributed by atoms with Crippen molar-refractivity contribution in [3.05, 3.63) is 29.8 Å². The molecule has 110 valence electrons. The van der Waals surface area contributed by atoms with Crippen molar-refractivity contribution in [1.82, 2.24) is 0 Å². The lowest BCUT2D eigenvalue weighted by molar-refractivity contribution is 0.0983. The molecule has 0 aliphatic carbocycles. The van der Waals surface area contributed by atoms with Gasteiger partial charge in [0.1, 0.15) is 4.99 Å². The highest BCUT2D eigenvalue weighted by Crippen LogP contribution is 2.26. The number of hydrogen-bond donors (Lipinski definition) is 1. The molecule has 0 bridgehead atoms. The van der Waals surface area contributed by atoms with Crippen molar-refractivity contribution >= 4 is 32.9 Å². The van der Waals surface area contributed by atoms with Crippen LogP contribution < -0.4 is 10.0 Å². The van der Waals surface area contributed by atoms with Crippen LogP contribution in [0.4, 0.5) is 5.69 Å². The Kier molecular flexibility index (Phi) is 4.62. The normalized spacial score (nSPS) is 16.9. The molecule has 0 aromatic heterocycles. The predicted octanol–water partition coefficient (Wildman–Crippen LogP) is 1.27. The largest absolute Gasteiger partial charge is 0.389 e. The van der Waals surface area contributed by atoms with Gasteiger partial charge in [-0.15, -0.1) is 0 Å². The number of benzene rings is 1. The first-order chi connectivity index (χ1) is 9.44. The van der Waals surface area contributed by atoms with E-state index in [1.54, 1.807) is 31.3 Å². The highest BCUT2D eigenvalue weighted by molar-refractivity contribution is 7.93. The van der Waals surface area contributed by atoms with E-state index < -0.39 is 15.3 Å². The van der Waals surface area contributed by atoms with Gasteiger partial charge in [0.25, 0.3) is 0 Å². The lowest BCUT2D eigenvalue weighted by Gasteiger charge is -2.29. The number of sulfonamides is 1. The summed E-state index contributed by atoms with van der Waals surface area (Å²) < 4.78 is 31.8. The molecule has 20 heavy (non-hydrogen) atoms. The van der Waals surface area contributed by atoms with Crippen molar-refractivity contribution < 1.29 is 13.2 Å². The van der Waals surface area contributed by atoms with Crippen LogP contribution in [0.1, 0.15) is 18.4 Å². The summed E-state index contributed by atoms with van der Waals surface area (Å²) in [7, 11) is -1.89. The van der Waals surface area contributed by atoms with Crippen molar-refractivity contribution in [2.24, 2.45) is 5.73 Å². The molecule has 0 spiro atoms. The van der Waals surface area contributed by atoms with Crippen LogP contribution in [0.5, 0.6) is 0 Å². The first-order valence-electron chi connectivity index (χ1n) is 6.39. The van der Waals surface area contributed by atoms with Crippen LogP contribution in [-0.4, -0.2) is 38.9 Å². The Morgan fingerprint density at radius 2 is 1.95 bits per heavy atom. The molecule has 1 saturated heterocycles. The zero-order valence-electron chi connectivity index (χ0n) is 11.3. The molecule has 0 amide bonds. The third kappa shape index (κ3) is 2.94. The van der Waals surface area contributed by atoms with E-state index in [4.69, 9.17) is 22.7 Å². The van der Waals surface area contributed by atoms with E-state index in [1.165, 1.54) is 4.31 Å². The predicted molar refractivity (Wildman–Crippen MR) is 83.5 cm³/mol. The number of ether oxygens (including phenoxy) is 1. The van der Waals surface area contributed by atoms with Gasteiger partial charge in [-0.1, -0.05) is 24.4 Å². The maximum atomic E-state index is 12.6. The van der Waals surface area contributed by atoms with Crippen LogP contribution in [0.2, 0.25) is 0 Å². The maximum absolute atomic E-state index is 12.6. The van der Waals surface area contributed by atoms with Crippen LogP contribution >= 0.6 is 12.2 Å². The average Bonchev–Trinajstić information content (AvgIpc) is 2.47. The topological polar surface area (TPSA) is 72.6 Å². The minimum Gasteiger partial charge on any atom is -0.389 e. The number of hydrogen-bond acceptors (Lipinski definition) is 4. The van der Waals surface area contributed by atoms with Gasteiger partial charge in [-0.25, -0.2) is 8.42 Å². The van der Waals surface area contributed by atoms with Gasteiger partial charge >= 0.3 is 0 Å². The van der Waals surface area contributed by atoms with Gasteiger partial charge in [0.2, 0.25) is 10.0 Å². The fraction of sp³-hybridized carbons (Fsp3) is 0.462. The second kappa shape index (κ2) is 6.07. The molecular formula is C13H18N2O3S2. The third-order valence-electron chi connectivity index (χ3n) is 3.48. The molecular weight excluding hydrogens is 296 g/mol. The second-order valence-corrected chi connectivity index (χ2v) is 7.39. The van der Waals surface area contributed by atoms with Crippen LogP contribution in [0.3, 0.4) is 0 Å². The summed E-state index contributed by atoms with van der Waals surface area (Å²) in [6, 6.07) is 7.00. The van der Waals surface area contributed by atoms with Gasteiger partial charge in [0, 0.05) is 25.8 Å². The highest BCUT2D eigenvalue weighted by atomic mass is 32.2. The highest BCUT2D eigenvalue weighted by Gasteiger charge is 2.32. The molecule has 1 fully saturated rings. The number of nitrogens with two attached hydrogens (primary N) is 1. The van der Waals surface area contributed by atoms with Crippen molar-refractivity contribution in [2.45, 2.75) is 18.1 Å². The van der Waals surface area contributed by atoms with E-state index >= 15 is 0 Å². The molecule has 0 saturated carbocycles. The summed E-state index contributed by atoms with van der Waals surface area (Å²) in [5.41, 5.74) is 6.75. The first-order valence-corrected chi connectivity index (χ1v) is 8.30. The number of thiocarbonyl (C=S) groups is 1. The van der Waals surface area contributed by atoms with E-state index in [0.717, 1.165) is 0 Å². The van der Waals surface area contributed by atoms with Gasteiger partial charge < -0.3 is 10.5 Å². The number of rotatable bonds is 4. The summed E-state index contributed by atoms with van der Waals surface area (Å²) in [4.78, 5) is 0.189. The minimum absolute atomic E-state index is 0.189. The van der Waals surface area contributed by atoms with Crippen LogP contribution in [0, 0.1) is 0 Å². The minimum atomic E-state index is -3.43. The van der Waals surface area contributed by atoms with Gasteiger partial charge in [-0.05, 0) is 25.0 Å². The average molecular weight is 314 g/mol. The van der Waals surface area contributed by atoms with Crippen LogP contribution in [0.25, 0.3) is 0 Å². The van der Waals surface area contributed by atoms with E-state index in [1.807, 2.05) is 0 Å². The van der Waals surface area contributed by atoms with Crippen LogP contribution in [0.15, 0.2) is 24.3 Å². The molecule has 1 aliphatic rings. The lowest BCUT2D eigenvalue weighted by Crippen LogP contribution is -2.40. The Balaban J connectivity index is 2.35. The molecule has 0 radical (unpaired) electrons. The molecule has 1 aromatic rings. The van der Waals surface area contributed by atoms with E-state index in [-0.39, 0.29) is 4.99 Å². The summed E-state index contributed by atoms with van der Waals surface area (Å²) in [6.45, 7) is 0.962. The Hall–Kier alpha value is -1.18. The molecule has 5 nitrogen and oxygen atoms in total. The Bertz CT molecular complexity index is 595. The van der Waals surface area contributed by atoms with Crippen molar-refractivity contribution in [2.75, 3.05) is 24.6 Å². The van der Waals surface area contributed by atoms with Crippen molar-refractivity contribution in [1.29, 1.82) is 0 Å². The SMILES string of the molecule is CN(c1ccccc1C(N)=S)S(=O)(=O)C1CCOCC1. The van der Waals surface area contributed by atoms with Gasteiger partial charge in [-0.3, -0.25) is 4.31 Å². The van der Waals surface area contributed by atoms with E-state index in [9.17, 15) is 8.42 Å². The first kappa shape index (κ1) is 15.2. The van der Waals surface area contributed by atoms with Crippen molar-refractivity contribution in [3.8, 4) is 0 Å². The lowest BCUT2D eigenvalue weighted by atomic mass is 10.2. The smallest absolute Gasteiger partial charge is 0.237 e. The van der Waals surface area contributed by atoms with Gasteiger partial charge in [-0.2, -0.15) is 0 Å². The summed E-state index contributed by atoms with van der Waals surface area (Å²) in [5, 5.41) is -0.416. The van der Waals surface area contributed by atoms with Crippen molar-refractivity contribution in [3.63, 3.8) is 0 Å². The summed E-state index contributed by atoms with van der Waals surface area (Å²) in [5.74, 6) is 0. The molecule has 1 aromatic carbocycles. The summed E-state index contributed by atoms with van der Waals surface area (Å²) >= 11 is 4.98. The third-order valence-corrected chi connectivity index (χ3v) is 5.97. The standard InChI is InChI=1S/C13H18N2O3S2/c1-15(12-5-3-2-4-11(12)13(14)19)20(16,17)10-6-8-18-9-7-10/h2-5,10H,6-9H2,1H3,(H2,14,19). The molecule has 0 unspecified atom stereocenters. The zero-order chi connectivity index (χ0) is 14.8. The van der Waals surface area contributed by atoms with E-state index in [2.05, 4.69) is 0 Å². The maximum Gasteiger partial charge on any atom is 0.237 e. The van der Waals surface area contributed by atoms with Gasteiger partial charge in [0.15, 0.2) is 0 Å². The van der Waals surface area contributed by atoms with E-state index in [0.29, 0.717) is 37.3 Å². The molecule has 2 N–H and O–H groups in total. The molecule has 1 aliphatic heterocycles. The quantitative estimate of drug-likeness (QED) is 0.847. The molecule has 1 heterocycles. The monoisotopic (exact) mass is 314 g/mol. The second-order valence-electron chi connectivity index (χ2n) is 4.71. The molecule has 7 heteroatoms. The molecule has 0 atom stereocenters. The Labute approximate surface area is 124 Å². The number of anilines is 1. The molecule has 2 rings (SSSR count). The number of nitrogens with zero attached hydrogens (tertiary/aromatic N) is 1. The van der Waals surface area contributed by atoms with Crippen LogP contribution in [-0.2, 0) is 14.8 Å². The fourth-order valence-electron chi connectivity index (χ4n) is 2.29. The fourth-order valence-corrected chi connectivity index (χ4v) is 4.13. The zero-order valence-corrected chi connectivity index (χ0v) is 12.9. The van der Waals surface area contributed by atoms with Gasteiger partial charge in [0.05, 0.1) is 10.9 Å². The summed E-state index contributed by atoms with van der Waals surface area (Å²) in [6.07, 6.45) is 1.03. The number of para-hydroxylation sites is 1.